The van der Waals surface area contributed by atoms with Crippen LogP contribution in [0.4, 0.5) is 5.69 Å². The van der Waals surface area contributed by atoms with Gasteiger partial charge in [-0.15, -0.1) is 0 Å². The maximum Gasteiger partial charge on any atom is 0.255 e. The Labute approximate surface area is 123 Å². The first-order chi connectivity index (χ1) is 10.1. The predicted molar refractivity (Wildman–Crippen MR) is 85.6 cm³/mol. The molecule has 1 amide bonds. The standard InChI is InChI=1S/C18H16N2O/c1-12-5-6-13(2)17(10-12)20-18(21)15-7-8-16-14(11-15)4-3-9-19-16/h3-11H,1-2H3,(H,20,21). The molecule has 21 heavy (non-hydrogen) atoms. The lowest BCUT2D eigenvalue weighted by Crippen LogP contribution is -2.12. The number of benzene rings is 2. The summed E-state index contributed by atoms with van der Waals surface area (Å²) in [5.41, 5.74) is 4.55. The normalized spacial score (nSPS) is 10.6. The van der Waals surface area contributed by atoms with Crippen LogP contribution in [-0.2, 0) is 0 Å². The highest BCUT2D eigenvalue weighted by molar-refractivity contribution is 6.06. The molecule has 3 heteroatoms. The van der Waals surface area contributed by atoms with Crippen LogP contribution < -0.4 is 5.32 Å². The molecule has 0 aliphatic carbocycles. The molecule has 0 saturated heterocycles. The molecular weight excluding hydrogens is 260 g/mol. The topological polar surface area (TPSA) is 42.0 Å². The number of amides is 1. The summed E-state index contributed by atoms with van der Waals surface area (Å²) in [4.78, 5) is 16.6. The number of hydrogen-bond acceptors (Lipinski definition) is 2. The van der Waals surface area contributed by atoms with Crippen LogP contribution in [0.2, 0.25) is 0 Å². The van der Waals surface area contributed by atoms with Crippen molar-refractivity contribution in [2.75, 3.05) is 5.32 Å². The molecule has 3 aromatic rings. The molecule has 0 fully saturated rings. The minimum atomic E-state index is -0.102. The van der Waals surface area contributed by atoms with Gasteiger partial charge >= 0.3 is 0 Å². The number of hydrogen-bond donors (Lipinski definition) is 1. The summed E-state index contributed by atoms with van der Waals surface area (Å²) in [6.45, 7) is 4.00. The van der Waals surface area contributed by atoms with Crippen molar-refractivity contribution >= 4 is 22.5 Å². The van der Waals surface area contributed by atoms with Gasteiger partial charge in [-0.1, -0.05) is 18.2 Å². The number of anilines is 1. The van der Waals surface area contributed by atoms with Crippen molar-refractivity contribution in [2.45, 2.75) is 13.8 Å². The average molecular weight is 276 g/mol. The lowest BCUT2D eigenvalue weighted by atomic mass is 10.1. The minimum Gasteiger partial charge on any atom is -0.322 e. The second-order valence-electron chi connectivity index (χ2n) is 5.18. The third kappa shape index (κ3) is 2.77. The summed E-state index contributed by atoms with van der Waals surface area (Å²) in [6.07, 6.45) is 1.75. The fraction of sp³-hybridized carbons (Fsp3) is 0.111. The molecule has 1 aromatic heterocycles. The highest BCUT2D eigenvalue weighted by Gasteiger charge is 2.08. The molecule has 0 atom stereocenters. The largest absolute Gasteiger partial charge is 0.322 e. The molecule has 3 nitrogen and oxygen atoms in total. The molecule has 1 N–H and O–H groups in total. The maximum atomic E-state index is 12.4. The predicted octanol–water partition coefficient (Wildman–Crippen LogP) is 4.10. The SMILES string of the molecule is Cc1ccc(C)c(NC(=O)c2ccc3ncccc3c2)c1. The van der Waals surface area contributed by atoms with E-state index in [0.29, 0.717) is 5.56 Å². The molecule has 0 aliphatic heterocycles. The molecule has 0 radical (unpaired) electrons. The zero-order chi connectivity index (χ0) is 14.8. The summed E-state index contributed by atoms with van der Waals surface area (Å²) in [6, 6.07) is 15.4. The molecule has 0 saturated carbocycles. The van der Waals surface area contributed by atoms with Crippen molar-refractivity contribution in [3.63, 3.8) is 0 Å². The minimum absolute atomic E-state index is 0.102. The number of rotatable bonds is 2. The zero-order valence-corrected chi connectivity index (χ0v) is 12.1. The van der Waals surface area contributed by atoms with Gasteiger partial charge in [-0.05, 0) is 55.3 Å². The number of carbonyl (C=O) groups is 1. The Bertz CT molecular complexity index is 824. The molecule has 0 spiro atoms. The molecule has 3 rings (SSSR count). The lowest BCUT2D eigenvalue weighted by molar-refractivity contribution is 0.102. The van der Waals surface area contributed by atoms with Crippen LogP contribution in [0.3, 0.4) is 0 Å². The highest BCUT2D eigenvalue weighted by Crippen LogP contribution is 2.19. The van der Waals surface area contributed by atoms with Crippen LogP contribution in [0.5, 0.6) is 0 Å². The van der Waals surface area contributed by atoms with E-state index in [-0.39, 0.29) is 5.91 Å². The molecule has 1 heterocycles. The Morgan fingerprint density at radius 3 is 2.76 bits per heavy atom. The lowest BCUT2D eigenvalue weighted by Gasteiger charge is -2.10. The van der Waals surface area contributed by atoms with Gasteiger partial charge in [0.2, 0.25) is 0 Å². The number of carbonyl (C=O) groups excluding carboxylic acids is 1. The van der Waals surface area contributed by atoms with Crippen LogP contribution >= 0.6 is 0 Å². The molecular formula is C18H16N2O. The van der Waals surface area contributed by atoms with Gasteiger partial charge in [-0.25, -0.2) is 0 Å². The van der Waals surface area contributed by atoms with Gasteiger partial charge in [-0.2, -0.15) is 0 Å². The second kappa shape index (κ2) is 5.37. The van der Waals surface area contributed by atoms with E-state index >= 15 is 0 Å². The van der Waals surface area contributed by atoms with E-state index in [1.807, 2.05) is 56.3 Å². The van der Waals surface area contributed by atoms with Crippen molar-refractivity contribution in [1.82, 2.24) is 4.98 Å². The Kier molecular flexibility index (Phi) is 3.40. The summed E-state index contributed by atoms with van der Waals surface area (Å²) in [7, 11) is 0. The van der Waals surface area contributed by atoms with Gasteiger partial charge in [0.05, 0.1) is 5.52 Å². The van der Waals surface area contributed by atoms with Gasteiger partial charge < -0.3 is 5.32 Å². The number of aryl methyl sites for hydroxylation is 2. The van der Waals surface area contributed by atoms with Crippen molar-refractivity contribution in [1.29, 1.82) is 0 Å². The number of nitrogens with one attached hydrogen (secondary N) is 1. The van der Waals surface area contributed by atoms with E-state index in [1.54, 1.807) is 12.3 Å². The van der Waals surface area contributed by atoms with Crippen molar-refractivity contribution in [2.24, 2.45) is 0 Å². The Morgan fingerprint density at radius 2 is 1.90 bits per heavy atom. The number of aromatic nitrogens is 1. The van der Waals surface area contributed by atoms with Gasteiger partial charge in [0.25, 0.3) is 5.91 Å². The van der Waals surface area contributed by atoms with Crippen LogP contribution in [0.25, 0.3) is 10.9 Å². The third-order valence-corrected chi connectivity index (χ3v) is 3.51. The first kappa shape index (κ1) is 13.3. The van der Waals surface area contributed by atoms with Crippen LogP contribution in [0, 0.1) is 13.8 Å². The Hall–Kier alpha value is -2.68. The van der Waals surface area contributed by atoms with E-state index in [2.05, 4.69) is 10.3 Å². The van der Waals surface area contributed by atoms with E-state index in [0.717, 1.165) is 27.7 Å². The smallest absolute Gasteiger partial charge is 0.255 e. The number of fused-ring (bicyclic) bond motifs is 1. The fourth-order valence-electron chi connectivity index (χ4n) is 2.28. The fourth-order valence-corrected chi connectivity index (χ4v) is 2.28. The number of pyridine rings is 1. The van der Waals surface area contributed by atoms with Crippen LogP contribution in [0.1, 0.15) is 21.5 Å². The van der Waals surface area contributed by atoms with Crippen LogP contribution in [0.15, 0.2) is 54.7 Å². The Balaban J connectivity index is 1.91. The zero-order valence-electron chi connectivity index (χ0n) is 12.1. The quantitative estimate of drug-likeness (QED) is 0.765. The molecule has 2 aromatic carbocycles. The Morgan fingerprint density at radius 1 is 1.05 bits per heavy atom. The molecule has 0 aliphatic rings. The maximum absolute atomic E-state index is 12.4. The van der Waals surface area contributed by atoms with Gasteiger partial charge in [-0.3, -0.25) is 9.78 Å². The van der Waals surface area contributed by atoms with Crippen LogP contribution in [-0.4, -0.2) is 10.9 Å². The third-order valence-electron chi connectivity index (χ3n) is 3.51. The summed E-state index contributed by atoms with van der Waals surface area (Å²) in [5.74, 6) is -0.102. The van der Waals surface area contributed by atoms with Gasteiger partial charge in [0.1, 0.15) is 0 Å². The van der Waals surface area contributed by atoms with Gasteiger partial charge in [0.15, 0.2) is 0 Å². The van der Waals surface area contributed by atoms with Crippen molar-refractivity contribution in [3.8, 4) is 0 Å². The monoisotopic (exact) mass is 276 g/mol. The summed E-state index contributed by atoms with van der Waals surface area (Å²) >= 11 is 0. The van der Waals surface area contributed by atoms with Crippen molar-refractivity contribution in [3.05, 3.63) is 71.4 Å². The molecule has 0 unspecified atom stereocenters. The van der Waals surface area contributed by atoms with E-state index in [9.17, 15) is 4.79 Å². The first-order valence-electron chi connectivity index (χ1n) is 6.87. The van der Waals surface area contributed by atoms with Crippen molar-refractivity contribution < 1.29 is 4.79 Å². The number of nitrogens with zero attached hydrogens (tertiary/aromatic N) is 1. The van der Waals surface area contributed by atoms with Gasteiger partial charge in [0, 0.05) is 22.8 Å². The van der Waals surface area contributed by atoms with E-state index in [4.69, 9.17) is 0 Å². The molecule has 0 bridgehead atoms. The second-order valence-corrected chi connectivity index (χ2v) is 5.18. The first-order valence-corrected chi connectivity index (χ1v) is 6.87. The average Bonchev–Trinajstić information content (AvgIpc) is 2.50. The van der Waals surface area contributed by atoms with E-state index in [1.165, 1.54) is 0 Å². The van der Waals surface area contributed by atoms with E-state index < -0.39 is 0 Å². The summed E-state index contributed by atoms with van der Waals surface area (Å²) in [5, 5.41) is 3.94. The molecule has 104 valence electrons. The summed E-state index contributed by atoms with van der Waals surface area (Å²) < 4.78 is 0. The highest BCUT2D eigenvalue weighted by atomic mass is 16.1.